The second-order valence-electron chi connectivity index (χ2n) is 7.25. The van der Waals surface area contributed by atoms with Crippen LogP contribution < -0.4 is 5.32 Å². The van der Waals surface area contributed by atoms with Gasteiger partial charge in [0, 0.05) is 5.54 Å². The van der Waals surface area contributed by atoms with Crippen LogP contribution in [0.15, 0.2) is 18.2 Å². The first-order valence-corrected chi connectivity index (χ1v) is 7.78. The van der Waals surface area contributed by atoms with Crippen LogP contribution in [-0.4, -0.2) is 32.3 Å². The lowest BCUT2D eigenvalue weighted by Crippen LogP contribution is -2.45. The SMILES string of the molecule is CC(C)(C)n1c(NC(=O)C[C@](C)(O)C(F)(F)F)nc2ccc(C#N)cc21. The van der Waals surface area contributed by atoms with Crippen molar-refractivity contribution in [1.29, 1.82) is 5.26 Å². The van der Waals surface area contributed by atoms with Crippen molar-refractivity contribution in [2.45, 2.75) is 51.4 Å². The van der Waals surface area contributed by atoms with Gasteiger partial charge in [-0.05, 0) is 45.9 Å². The zero-order valence-electron chi connectivity index (χ0n) is 14.8. The number of carbonyl (C=O) groups is 1. The number of nitriles is 1. The van der Waals surface area contributed by atoms with Crippen LogP contribution in [0, 0.1) is 11.3 Å². The lowest BCUT2D eigenvalue weighted by Gasteiger charge is -2.27. The Hall–Kier alpha value is -2.60. The Labute approximate surface area is 148 Å². The zero-order valence-corrected chi connectivity index (χ0v) is 14.8. The molecule has 0 radical (unpaired) electrons. The summed E-state index contributed by atoms with van der Waals surface area (Å²) in [5.41, 5.74) is -2.28. The largest absolute Gasteiger partial charge is 0.417 e. The summed E-state index contributed by atoms with van der Waals surface area (Å²) in [6.45, 7) is 6.02. The molecule has 2 rings (SSSR count). The van der Waals surface area contributed by atoms with Crippen LogP contribution in [0.4, 0.5) is 19.1 Å². The van der Waals surface area contributed by atoms with Crippen molar-refractivity contribution in [3.63, 3.8) is 0 Å². The molecule has 0 aliphatic heterocycles. The summed E-state index contributed by atoms with van der Waals surface area (Å²) in [4.78, 5) is 16.3. The minimum absolute atomic E-state index is 0.0468. The minimum Gasteiger partial charge on any atom is -0.380 e. The molecule has 0 spiro atoms. The number of nitrogens with zero attached hydrogens (tertiary/aromatic N) is 3. The standard InChI is InChI=1S/C17H19F3N4O2/c1-15(2,3)24-12-7-10(9-21)5-6-11(12)22-14(24)23-13(25)8-16(4,26)17(18,19)20/h5-7,26H,8H2,1-4H3,(H,22,23,25)/t16-/m0/s1. The number of anilines is 1. The molecule has 2 aromatic rings. The van der Waals surface area contributed by atoms with Crippen molar-refractivity contribution >= 4 is 22.9 Å². The van der Waals surface area contributed by atoms with E-state index in [9.17, 15) is 23.1 Å². The number of hydrogen-bond donors (Lipinski definition) is 2. The zero-order chi connectivity index (χ0) is 19.9. The van der Waals surface area contributed by atoms with Gasteiger partial charge in [-0.1, -0.05) is 0 Å². The number of aliphatic hydroxyl groups is 1. The van der Waals surface area contributed by atoms with Crippen molar-refractivity contribution in [2.75, 3.05) is 5.32 Å². The van der Waals surface area contributed by atoms with Crippen LogP contribution in [0.25, 0.3) is 11.0 Å². The van der Waals surface area contributed by atoms with E-state index in [0.717, 1.165) is 0 Å². The highest BCUT2D eigenvalue weighted by molar-refractivity contribution is 5.92. The van der Waals surface area contributed by atoms with Gasteiger partial charge in [-0.3, -0.25) is 10.1 Å². The third-order valence-corrected chi connectivity index (χ3v) is 3.82. The van der Waals surface area contributed by atoms with Gasteiger partial charge in [0.25, 0.3) is 0 Å². The lowest BCUT2D eigenvalue weighted by molar-refractivity contribution is -0.253. The molecule has 6 nitrogen and oxygen atoms in total. The second kappa shape index (κ2) is 6.29. The first-order valence-electron chi connectivity index (χ1n) is 7.78. The first kappa shape index (κ1) is 19.7. The first-order chi connectivity index (χ1) is 11.8. The molecular formula is C17H19F3N4O2. The van der Waals surface area contributed by atoms with E-state index in [2.05, 4.69) is 10.3 Å². The summed E-state index contributed by atoms with van der Waals surface area (Å²) >= 11 is 0. The fourth-order valence-corrected chi connectivity index (χ4v) is 2.49. The normalized spacial score (nSPS) is 14.7. The molecule has 0 aliphatic carbocycles. The Balaban J connectivity index is 2.44. The van der Waals surface area contributed by atoms with E-state index in [0.29, 0.717) is 23.5 Å². The van der Waals surface area contributed by atoms with E-state index < -0.39 is 29.6 Å². The van der Waals surface area contributed by atoms with Gasteiger partial charge in [-0.15, -0.1) is 0 Å². The van der Waals surface area contributed by atoms with Gasteiger partial charge in [0.1, 0.15) is 0 Å². The molecule has 9 heteroatoms. The molecule has 1 aromatic heterocycles. The van der Waals surface area contributed by atoms with Gasteiger partial charge < -0.3 is 9.67 Å². The summed E-state index contributed by atoms with van der Waals surface area (Å²) in [7, 11) is 0. The van der Waals surface area contributed by atoms with Gasteiger partial charge in [-0.25, -0.2) is 4.98 Å². The summed E-state index contributed by atoms with van der Waals surface area (Å²) in [5, 5.41) is 20.9. The molecule has 0 unspecified atom stereocenters. The van der Waals surface area contributed by atoms with Gasteiger partial charge in [0.05, 0.1) is 29.1 Å². The van der Waals surface area contributed by atoms with Gasteiger partial charge >= 0.3 is 6.18 Å². The maximum absolute atomic E-state index is 12.8. The number of benzene rings is 1. The Morgan fingerprint density at radius 1 is 1.31 bits per heavy atom. The quantitative estimate of drug-likeness (QED) is 0.870. The predicted molar refractivity (Wildman–Crippen MR) is 89.4 cm³/mol. The number of alkyl halides is 3. The van der Waals surface area contributed by atoms with Crippen molar-refractivity contribution in [2.24, 2.45) is 0 Å². The number of amides is 1. The highest BCUT2D eigenvalue weighted by Gasteiger charge is 2.51. The summed E-state index contributed by atoms with van der Waals surface area (Å²) in [6, 6.07) is 6.75. The molecule has 0 saturated carbocycles. The number of rotatable bonds is 3. The van der Waals surface area contributed by atoms with Crippen LogP contribution in [0.2, 0.25) is 0 Å². The summed E-state index contributed by atoms with van der Waals surface area (Å²) in [6.07, 6.45) is -6.09. The van der Waals surface area contributed by atoms with E-state index in [1.165, 1.54) is 0 Å². The minimum atomic E-state index is -4.93. The van der Waals surface area contributed by atoms with Crippen molar-refractivity contribution in [1.82, 2.24) is 9.55 Å². The van der Waals surface area contributed by atoms with E-state index in [4.69, 9.17) is 5.26 Å². The van der Waals surface area contributed by atoms with Crippen LogP contribution in [0.1, 0.15) is 39.7 Å². The Morgan fingerprint density at radius 2 is 1.92 bits per heavy atom. The van der Waals surface area contributed by atoms with Crippen LogP contribution >= 0.6 is 0 Å². The number of nitrogens with one attached hydrogen (secondary N) is 1. The van der Waals surface area contributed by atoms with E-state index >= 15 is 0 Å². The molecule has 1 aromatic carbocycles. The van der Waals surface area contributed by atoms with E-state index in [1.54, 1.807) is 22.8 Å². The van der Waals surface area contributed by atoms with Crippen molar-refractivity contribution < 1.29 is 23.1 Å². The van der Waals surface area contributed by atoms with E-state index in [1.807, 2.05) is 26.8 Å². The second-order valence-corrected chi connectivity index (χ2v) is 7.25. The highest BCUT2D eigenvalue weighted by atomic mass is 19.4. The average molecular weight is 368 g/mol. The Morgan fingerprint density at radius 3 is 2.42 bits per heavy atom. The smallest absolute Gasteiger partial charge is 0.380 e. The number of halogens is 3. The third kappa shape index (κ3) is 3.80. The maximum atomic E-state index is 12.8. The number of hydrogen-bond acceptors (Lipinski definition) is 4. The fraction of sp³-hybridized carbons (Fsp3) is 0.471. The van der Waals surface area contributed by atoms with Crippen LogP contribution in [-0.2, 0) is 10.3 Å². The fourth-order valence-electron chi connectivity index (χ4n) is 2.49. The van der Waals surface area contributed by atoms with E-state index in [-0.39, 0.29) is 5.95 Å². The van der Waals surface area contributed by atoms with Gasteiger partial charge in [0.2, 0.25) is 11.9 Å². The van der Waals surface area contributed by atoms with Crippen LogP contribution in [0.5, 0.6) is 0 Å². The lowest BCUT2D eigenvalue weighted by atomic mass is 10.0. The third-order valence-electron chi connectivity index (χ3n) is 3.82. The van der Waals surface area contributed by atoms with Crippen molar-refractivity contribution in [3.8, 4) is 6.07 Å². The number of imidazole rings is 1. The molecule has 1 amide bonds. The Kier molecular flexibility index (Phi) is 4.77. The molecule has 2 N–H and O–H groups in total. The van der Waals surface area contributed by atoms with Gasteiger partial charge in [-0.2, -0.15) is 18.4 Å². The van der Waals surface area contributed by atoms with Crippen molar-refractivity contribution in [3.05, 3.63) is 23.8 Å². The number of fused-ring (bicyclic) bond motifs is 1. The topological polar surface area (TPSA) is 90.9 Å². The molecular weight excluding hydrogens is 349 g/mol. The molecule has 0 saturated heterocycles. The molecule has 140 valence electrons. The molecule has 1 heterocycles. The monoisotopic (exact) mass is 368 g/mol. The number of carbonyl (C=O) groups excluding carboxylic acids is 1. The molecule has 1 atom stereocenters. The van der Waals surface area contributed by atoms with Crippen LogP contribution in [0.3, 0.4) is 0 Å². The molecule has 0 aliphatic rings. The molecule has 0 bridgehead atoms. The summed E-state index contributed by atoms with van der Waals surface area (Å²) in [5.74, 6) is -0.973. The molecule has 26 heavy (non-hydrogen) atoms. The predicted octanol–water partition coefficient (Wildman–Crippen LogP) is 3.30. The van der Waals surface area contributed by atoms with Gasteiger partial charge in [0.15, 0.2) is 5.60 Å². The molecule has 0 fully saturated rings. The Bertz CT molecular complexity index is 886. The summed E-state index contributed by atoms with van der Waals surface area (Å²) < 4.78 is 39.9. The highest BCUT2D eigenvalue weighted by Crippen LogP contribution is 2.33. The number of aromatic nitrogens is 2. The maximum Gasteiger partial charge on any atom is 0.417 e. The average Bonchev–Trinajstić information content (AvgIpc) is 2.81.